The van der Waals surface area contributed by atoms with Crippen molar-refractivity contribution in [3.63, 3.8) is 0 Å². The third-order valence-electron chi connectivity index (χ3n) is 3.48. The molecule has 0 radical (unpaired) electrons. The summed E-state index contributed by atoms with van der Waals surface area (Å²) in [7, 11) is -3.26. The topological polar surface area (TPSA) is 92.3 Å². The number of rotatable bonds is 7. The highest BCUT2D eigenvalue weighted by Gasteiger charge is 2.23. The summed E-state index contributed by atoms with van der Waals surface area (Å²) in [5.41, 5.74) is 0.977. The lowest BCUT2D eigenvalue weighted by Crippen LogP contribution is -2.44. The molecule has 2 aromatic carbocycles. The minimum atomic E-state index is -3.26. The summed E-state index contributed by atoms with van der Waals surface area (Å²) >= 11 is 0. The average Bonchev–Trinajstić information content (AvgIpc) is 2.59. The molecule has 132 valence electrons. The van der Waals surface area contributed by atoms with Gasteiger partial charge in [-0.1, -0.05) is 36.4 Å². The lowest BCUT2D eigenvalue weighted by atomic mass is 10.1. The summed E-state index contributed by atoms with van der Waals surface area (Å²) in [5.74, 6) is -1.09. The second-order valence-corrected chi connectivity index (χ2v) is 7.93. The molecule has 2 aromatic rings. The van der Waals surface area contributed by atoms with Gasteiger partial charge in [0.2, 0.25) is 5.91 Å². The Bertz CT molecular complexity index is 821. The van der Waals surface area contributed by atoms with Crippen LogP contribution in [0.5, 0.6) is 0 Å². The molecule has 0 spiro atoms. The van der Waals surface area contributed by atoms with Gasteiger partial charge in [-0.15, -0.1) is 0 Å². The van der Waals surface area contributed by atoms with E-state index in [1.807, 2.05) is 6.07 Å². The number of nitrogens with one attached hydrogen (secondary N) is 2. The molecule has 0 aromatic heterocycles. The number of benzene rings is 2. The van der Waals surface area contributed by atoms with Crippen LogP contribution in [0.4, 0.5) is 5.69 Å². The van der Waals surface area contributed by atoms with Crippen LogP contribution in [0, 0.1) is 0 Å². The summed E-state index contributed by atoms with van der Waals surface area (Å²) in [6.07, 6.45) is 1.09. The van der Waals surface area contributed by atoms with E-state index in [0.717, 1.165) is 6.26 Å². The minimum Gasteiger partial charge on any atom is -0.340 e. The van der Waals surface area contributed by atoms with Crippen molar-refractivity contribution in [1.82, 2.24) is 5.32 Å². The molecule has 2 rings (SSSR count). The Morgan fingerprint density at radius 2 is 1.52 bits per heavy atom. The molecule has 0 unspecified atom stereocenters. The smallest absolute Gasteiger partial charge is 0.251 e. The number of sulfone groups is 1. The second kappa shape index (κ2) is 8.43. The molecule has 0 bridgehead atoms. The van der Waals surface area contributed by atoms with Gasteiger partial charge in [0, 0.05) is 17.5 Å². The first-order valence-corrected chi connectivity index (χ1v) is 9.81. The molecular weight excluding hydrogens is 340 g/mol. The van der Waals surface area contributed by atoms with Crippen molar-refractivity contribution in [3.8, 4) is 0 Å². The Hall–Kier alpha value is -2.67. The van der Waals surface area contributed by atoms with Crippen LogP contribution < -0.4 is 10.6 Å². The fourth-order valence-corrected chi connectivity index (χ4v) is 2.85. The normalized spacial score (nSPS) is 12.2. The minimum absolute atomic E-state index is 0.00390. The SMILES string of the molecule is CS(=O)(=O)CC[C@@H](NC(=O)c1ccccc1)C(=O)Nc1ccccc1. The molecule has 1 atom stereocenters. The third-order valence-corrected chi connectivity index (χ3v) is 4.45. The predicted molar refractivity (Wildman–Crippen MR) is 97.1 cm³/mol. The first-order valence-electron chi connectivity index (χ1n) is 7.75. The monoisotopic (exact) mass is 360 g/mol. The Morgan fingerprint density at radius 3 is 2.08 bits per heavy atom. The summed E-state index contributed by atoms with van der Waals surface area (Å²) in [6.45, 7) is 0. The van der Waals surface area contributed by atoms with Gasteiger partial charge >= 0.3 is 0 Å². The van der Waals surface area contributed by atoms with Gasteiger partial charge in [-0.2, -0.15) is 0 Å². The lowest BCUT2D eigenvalue weighted by molar-refractivity contribution is -0.118. The van der Waals surface area contributed by atoms with E-state index in [1.54, 1.807) is 54.6 Å². The molecule has 2 N–H and O–H groups in total. The van der Waals surface area contributed by atoms with Crippen molar-refractivity contribution < 1.29 is 18.0 Å². The summed E-state index contributed by atoms with van der Waals surface area (Å²) in [6, 6.07) is 16.3. The molecule has 0 aliphatic rings. The fraction of sp³-hybridized carbons (Fsp3) is 0.222. The van der Waals surface area contributed by atoms with Gasteiger partial charge in [0.1, 0.15) is 15.9 Å². The number of carbonyl (C=O) groups is 2. The second-order valence-electron chi connectivity index (χ2n) is 5.67. The molecule has 0 saturated heterocycles. The van der Waals surface area contributed by atoms with Crippen molar-refractivity contribution in [2.45, 2.75) is 12.5 Å². The third kappa shape index (κ3) is 6.39. The van der Waals surface area contributed by atoms with Crippen LogP contribution in [0.3, 0.4) is 0 Å². The van der Waals surface area contributed by atoms with Crippen LogP contribution in [0.25, 0.3) is 0 Å². The first kappa shape index (κ1) is 18.7. The van der Waals surface area contributed by atoms with Crippen molar-refractivity contribution >= 4 is 27.3 Å². The summed E-state index contributed by atoms with van der Waals surface area (Å²) < 4.78 is 22.9. The highest BCUT2D eigenvalue weighted by Crippen LogP contribution is 2.08. The van der Waals surface area contributed by atoms with Gasteiger partial charge in [0.05, 0.1) is 5.75 Å². The van der Waals surface area contributed by atoms with Gasteiger partial charge in [-0.05, 0) is 30.7 Å². The van der Waals surface area contributed by atoms with Gasteiger partial charge in [0.15, 0.2) is 0 Å². The van der Waals surface area contributed by atoms with Crippen LogP contribution in [0.1, 0.15) is 16.8 Å². The number of amides is 2. The maximum atomic E-state index is 12.5. The maximum Gasteiger partial charge on any atom is 0.251 e. The van der Waals surface area contributed by atoms with E-state index in [1.165, 1.54) is 0 Å². The van der Waals surface area contributed by atoms with Crippen LogP contribution in [-0.2, 0) is 14.6 Å². The zero-order valence-electron chi connectivity index (χ0n) is 13.8. The summed E-state index contributed by atoms with van der Waals surface area (Å²) in [5, 5.41) is 5.30. The van der Waals surface area contributed by atoms with Crippen LogP contribution >= 0.6 is 0 Å². The average molecular weight is 360 g/mol. The van der Waals surface area contributed by atoms with E-state index in [2.05, 4.69) is 10.6 Å². The van der Waals surface area contributed by atoms with Gasteiger partial charge in [-0.25, -0.2) is 8.42 Å². The zero-order chi connectivity index (χ0) is 18.3. The Morgan fingerprint density at radius 1 is 0.960 bits per heavy atom. The van der Waals surface area contributed by atoms with E-state index in [4.69, 9.17) is 0 Å². The molecule has 0 heterocycles. The van der Waals surface area contributed by atoms with Crippen LogP contribution in [0.15, 0.2) is 60.7 Å². The predicted octanol–water partition coefficient (Wildman–Crippen LogP) is 1.86. The largest absolute Gasteiger partial charge is 0.340 e. The molecule has 7 heteroatoms. The molecule has 0 fully saturated rings. The Kier molecular flexibility index (Phi) is 6.30. The van der Waals surface area contributed by atoms with E-state index in [9.17, 15) is 18.0 Å². The van der Waals surface area contributed by atoms with Crippen molar-refractivity contribution in [2.24, 2.45) is 0 Å². The number of hydrogen-bond donors (Lipinski definition) is 2. The van der Waals surface area contributed by atoms with E-state index in [-0.39, 0.29) is 12.2 Å². The number of para-hydroxylation sites is 1. The van der Waals surface area contributed by atoms with Crippen molar-refractivity contribution in [2.75, 3.05) is 17.3 Å². The molecule has 0 aliphatic heterocycles. The number of carbonyl (C=O) groups excluding carboxylic acids is 2. The Labute approximate surface area is 147 Å². The number of anilines is 1. The fourth-order valence-electron chi connectivity index (χ4n) is 2.18. The van der Waals surface area contributed by atoms with Gasteiger partial charge < -0.3 is 10.6 Å². The van der Waals surface area contributed by atoms with Crippen molar-refractivity contribution in [3.05, 3.63) is 66.2 Å². The summed E-state index contributed by atoms with van der Waals surface area (Å²) in [4.78, 5) is 24.8. The van der Waals surface area contributed by atoms with Gasteiger partial charge in [-0.3, -0.25) is 9.59 Å². The molecule has 25 heavy (non-hydrogen) atoms. The maximum absolute atomic E-state index is 12.5. The van der Waals surface area contributed by atoms with Gasteiger partial charge in [0.25, 0.3) is 5.91 Å². The molecule has 2 amide bonds. The van der Waals surface area contributed by atoms with E-state index < -0.39 is 27.7 Å². The molecule has 6 nitrogen and oxygen atoms in total. The molecule has 0 saturated carbocycles. The lowest BCUT2D eigenvalue weighted by Gasteiger charge is -2.18. The molecule has 0 aliphatic carbocycles. The highest BCUT2D eigenvalue weighted by molar-refractivity contribution is 7.90. The van der Waals surface area contributed by atoms with Crippen molar-refractivity contribution in [1.29, 1.82) is 0 Å². The highest BCUT2D eigenvalue weighted by atomic mass is 32.2. The Balaban J connectivity index is 2.11. The zero-order valence-corrected chi connectivity index (χ0v) is 14.6. The quantitative estimate of drug-likeness (QED) is 0.788. The number of hydrogen-bond acceptors (Lipinski definition) is 4. The first-order chi connectivity index (χ1) is 11.8. The van der Waals surface area contributed by atoms with Crippen LogP contribution in [-0.4, -0.2) is 38.3 Å². The standard InChI is InChI=1S/C18H20N2O4S/c1-25(23,24)13-12-16(18(22)19-15-10-6-3-7-11-15)20-17(21)14-8-4-2-5-9-14/h2-11,16H,12-13H2,1H3,(H,19,22)(H,20,21)/t16-/m1/s1. The van der Waals surface area contributed by atoms with Crippen LogP contribution in [0.2, 0.25) is 0 Å². The van der Waals surface area contributed by atoms with E-state index in [0.29, 0.717) is 11.3 Å². The molecular formula is C18H20N2O4S. The van der Waals surface area contributed by atoms with E-state index >= 15 is 0 Å².